The van der Waals surface area contributed by atoms with E-state index in [1.165, 1.54) is 0 Å². The molecule has 1 saturated heterocycles. The number of hydrogen-bond donors (Lipinski definition) is 1. The van der Waals surface area contributed by atoms with Crippen molar-refractivity contribution < 1.29 is 21.9 Å². The molecule has 0 amide bonds. The van der Waals surface area contributed by atoms with Gasteiger partial charge in [-0.2, -0.15) is 0 Å². The first kappa shape index (κ1) is 13.4. The Kier molecular flexibility index (Phi) is 3.65. The molecule has 2 N–H and O–H groups in total. The van der Waals surface area contributed by atoms with Crippen LogP contribution in [0, 0.1) is 11.6 Å². The molecule has 2 unspecified atom stereocenters. The van der Waals surface area contributed by atoms with Gasteiger partial charge in [-0.1, -0.05) is 0 Å². The second-order valence-corrected chi connectivity index (χ2v) is 6.35. The van der Waals surface area contributed by atoms with Gasteiger partial charge in [-0.3, -0.25) is 0 Å². The van der Waals surface area contributed by atoms with Gasteiger partial charge in [0.15, 0.2) is 21.5 Å². The van der Waals surface area contributed by atoms with E-state index in [2.05, 4.69) is 0 Å². The molecule has 0 aromatic heterocycles. The summed E-state index contributed by atoms with van der Waals surface area (Å²) in [6, 6.07) is 1.94. The van der Waals surface area contributed by atoms with E-state index in [-0.39, 0.29) is 11.5 Å². The molecule has 1 fully saturated rings. The van der Waals surface area contributed by atoms with Crippen molar-refractivity contribution in [2.24, 2.45) is 5.73 Å². The molecular formula is C11H13F2NO3S. The molecule has 4 nitrogen and oxygen atoms in total. The molecule has 0 saturated carbocycles. The lowest BCUT2D eigenvalue weighted by atomic mass is 10.1. The van der Waals surface area contributed by atoms with Crippen molar-refractivity contribution in [1.82, 2.24) is 0 Å². The zero-order valence-corrected chi connectivity index (χ0v) is 10.3. The number of rotatable bonds is 2. The Hall–Kier alpha value is -1.05. The number of halogens is 2. The minimum atomic E-state index is -3.81. The van der Waals surface area contributed by atoms with Crippen LogP contribution in [0.3, 0.4) is 0 Å². The Morgan fingerprint density at radius 3 is 2.61 bits per heavy atom. The van der Waals surface area contributed by atoms with E-state index in [0.717, 1.165) is 12.1 Å². The summed E-state index contributed by atoms with van der Waals surface area (Å²) >= 11 is 0. The van der Waals surface area contributed by atoms with Crippen LogP contribution in [0.5, 0.6) is 0 Å². The van der Waals surface area contributed by atoms with Crippen molar-refractivity contribution >= 4 is 9.84 Å². The fourth-order valence-electron chi connectivity index (χ4n) is 1.88. The smallest absolute Gasteiger partial charge is 0.185 e. The summed E-state index contributed by atoms with van der Waals surface area (Å²) in [6.07, 6.45) is 0.424. The van der Waals surface area contributed by atoms with Crippen LogP contribution in [0.25, 0.3) is 0 Å². The zero-order valence-electron chi connectivity index (χ0n) is 9.47. The van der Waals surface area contributed by atoms with E-state index in [1.54, 1.807) is 0 Å². The van der Waals surface area contributed by atoms with Gasteiger partial charge in [0.2, 0.25) is 0 Å². The van der Waals surface area contributed by atoms with E-state index >= 15 is 0 Å². The Labute approximate surface area is 104 Å². The normalized spacial score (nSPS) is 25.1. The lowest BCUT2D eigenvalue weighted by Gasteiger charge is -2.28. The molecule has 0 bridgehead atoms. The van der Waals surface area contributed by atoms with Crippen LogP contribution in [0.15, 0.2) is 23.1 Å². The van der Waals surface area contributed by atoms with E-state index in [9.17, 15) is 17.2 Å². The monoisotopic (exact) mass is 277 g/mol. The van der Waals surface area contributed by atoms with E-state index in [0.29, 0.717) is 19.1 Å². The number of ether oxygens (including phenoxy) is 1. The van der Waals surface area contributed by atoms with Gasteiger partial charge in [-0.25, -0.2) is 17.2 Å². The Balaban J connectivity index is 2.37. The Morgan fingerprint density at radius 1 is 1.28 bits per heavy atom. The van der Waals surface area contributed by atoms with Gasteiger partial charge in [0.25, 0.3) is 0 Å². The van der Waals surface area contributed by atoms with E-state index in [4.69, 9.17) is 10.5 Å². The third-order valence-corrected chi connectivity index (χ3v) is 5.17. The summed E-state index contributed by atoms with van der Waals surface area (Å²) in [4.78, 5) is -0.271. The number of hydrogen-bond acceptors (Lipinski definition) is 4. The van der Waals surface area contributed by atoms with Crippen molar-refractivity contribution in [2.75, 3.05) is 13.2 Å². The maximum absolute atomic E-state index is 13.1. The summed E-state index contributed by atoms with van der Waals surface area (Å²) in [5.74, 6) is -2.28. The van der Waals surface area contributed by atoms with Crippen molar-refractivity contribution in [1.29, 1.82) is 0 Å². The Morgan fingerprint density at radius 2 is 2.00 bits per heavy atom. The van der Waals surface area contributed by atoms with Gasteiger partial charge >= 0.3 is 0 Å². The lowest BCUT2D eigenvalue weighted by molar-refractivity contribution is 0.0891. The summed E-state index contributed by atoms with van der Waals surface area (Å²) in [6.45, 7) is 0.382. The zero-order chi connectivity index (χ0) is 13.3. The quantitative estimate of drug-likeness (QED) is 0.814. The molecule has 2 atom stereocenters. The molecule has 1 aliphatic heterocycles. The average molecular weight is 277 g/mol. The lowest BCUT2D eigenvalue weighted by Crippen LogP contribution is -2.47. The van der Waals surface area contributed by atoms with Crippen LogP contribution < -0.4 is 5.73 Å². The summed E-state index contributed by atoms with van der Waals surface area (Å²) < 4.78 is 55.4. The summed E-state index contributed by atoms with van der Waals surface area (Å²) in [5.41, 5.74) is 5.74. The molecule has 100 valence electrons. The highest BCUT2D eigenvalue weighted by atomic mass is 32.2. The topological polar surface area (TPSA) is 69.4 Å². The first-order valence-corrected chi connectivity index (χ1v) is 7.00. The molecule has 7 heteroatoms. The number of benzene rings is 1. The molecule has 1 heterocycles. The van der Waals surface area contributed by atoms with Crippen molar-refractivity contribution in [2.45, 2.75) is 22.6 Å². The van der Waals surface area contributed by atoms with Crippen LogP contribution >= 0.6 is 0 Å². The molecule has 1 aliphatic rings. The van der Waals surface area contributed by atoms with Crippen LogP contribution in [0.2, 0.25) is 0 Å². The number of sulfone groups is 1. The van der Waals surface area contributed by atoms with Crippen molar-refractivity contribution in [3.63, 3.8) is 0 Å². The van der Waals surface area contributed by atoms with E-state index in [1.807, 2.05) is 0 Å². The van der Waals surface area contributed by atoms with Crippen LogP contribution in [-0.2, 0) is 14.6 Å². The highest BCUT2D eigenvalue weighted by Crippen LogP contribution is 2.23. The average Bonchev–Trinajstić information content (AvgIpc) is 2.33. The molecular weight excluding hydrogens is 264 g/mol. The minimum absolute atomic E-state index is 0.0253. The molecule has 0 radical (unpaired) electrons. The fraction of sp³-hybridized carbons (Fsp3) is 0.455. The van der Waals surface area contributed by atoms with Gasteiger partial charge in [-0.15, -0.1) is 0 Å². The minimum Gasteiger partial charge on any atom is -0.380 e. The molecule has 18 heavy (non-hydrogen) atoms. The van der Waals surface area contributed by atoms with Crippen molar-refractivity contribution in [3.8, 4) is 0 Å². The third kappa shape index (κ3) is 2.38. The number of nitrogens with two attached hydrogens (primary N) is 1. The first-order valence-electron chi connectivity index (χ1n) is 5.45. The largest absolute Gasteiger partial charge is 0.380 e. The third-order valence-electron chi connectivity index (χ3n) is 2.97. The molecule has 2 rings (SSSR count). The van der Waals surface area contributed by atoms with Crippen LogP contribution in [0.1, 0.15) is 6.42 Å². The molecule has 0 aliphatic carbocycles. The maximum Gasteiger partial charge on any atom is 0.185 e. The van der Waals surface area contributed by atoms with Gasteiger partial charge < -0.3 is 10.5 Å². The van der Waals surface area contributed by atoms with Gasteiger partial charge in [0, 0.05) is 12.6 Å². The van der Waals surface area contributed by atoms with Gasteiger partial charge in [0.1, 0.15) is 5.25 Å². The van der Waals surface area contributed by atoms with Gasteiger partial charge in [0.05, 0.1) is 11.5 Å². The van der Waals surface area contributed by atoms with Crippen LogP contribution in [0.4, 0.5) is 8.78 Å². The Bertz CT molecular complexity index is 547. The fourth-order valence-corrected chi connectivity index (χ4v) is 3.62. The highest BCUT2D eigenvalue weighted by molar-refractivity contribution is 7.92. The SMILES string of the molecule is NC1CCOCC1S(=O)(=O)c1ccc(F)c(F)c1. The second-order valence-electron chi connectivity index (χ2n) is 4.19. The standard InChI is InChI=1S/C11H13F2NO3S/c12-8-2-1-7(5-9(8)13)18(15,16)11-6-17-4-3-10(11)14/h1-2,5,10-11H,3-4,6,14H2. The molecule has 0 spiro atoms. The highest BCUT2D eigenvalue weighted by Gasteiger charge is 2.35. The first-order chi connectivity index (χ1) is 8.43. The summed E-state index contributed by atoms with van der Waals surface area (Å²) in [5, 5.41) is -0.920. The summed E-state index contributed by atoms with van der Waals surface area (Å²) in [7, 11) is -3.81. The molecule has 1 aromatic carbocycles. The van der Waals surface area contributed by atoms with E-state index < -0.39 is 32.8 Å². The van der Waals surface area contributed by atoms with Gasteiger partial charge in [-0.05, 0) is 24.6 Å². The van der Waals surface area contributed by atoms with Crippen LogP contribution in [-0.4, -0.2) is 32.9 Å². The predicted molar refractivity (Wildman–Crippen MR) is 60.7 cm³/mol. The second kappa shape index (κ2) is 4.91. The van der Waals surface area contributed by atoms with Crippen molar-refractivity contribution in [3.05, 3.63) is 29.8 Å². The maximum atomic E-state index is 13.1. The molecule has 1 aromatic rings. The predicted octanol–water partition coefficient (Wildman–Crippen LogP) is 0.855.